The molecule has 24 heavy (non-hydrogen) atoms. The van der Waals surface area contributed by atoms with Gasteiger partial charge in [0.25, 0.3) is 5.91 Å². The summed E-state index contributed by atoms with van der Waals surface area (Å²) >= 11 is 1.42. The van der Waals surface area contributed by atoms with Crippen LogP contribution < -0.4 is 5.32 Å². The Morgan fingerprint density at radius 3 is 2.54 bits per heavy atom. The summed E-state index contributed by atoms with van der Waals surface area (Å²) in [6.45, 7) is 3.50. The highest BCUT2D eigenvalue weighted by atomic mass is 32.1. The molecule has 1 fully saturated rings. The van der Waals surface area contributed by atoms with Crippen molar-refractivity contribution >= 4 is 29.0 Å². The lowest BCUT2D eigenvalue weighted by Crippen LogP contribution is -2.42. The molecular weight excluding hydrogens is 326 g/mol. The summed E-state index contributed by atoms with van der Waals surface area (Å²) in [7, 11) is 0. The van der Waals surface area contributed by atoms with Gasteiger partial charge in [-0.15, -0.1) is 11.3 Å². The number of carbonyl (C=O) groups excluding carboxylic acids is 3. The molecule has 1 aliphatic rings. The zero-order valence-corrected chi connectivity index (χ0v) is 15.1. The van der Waals surface area contributed by atoms with Crippen molar-refractivity contribution in [3.05, 3.63) is 21.9 Å². The molecule has 1 amide bonds. The van der Waals surface area contributed by atoms with Gasteiger partial charge in [0, 0.05) is 17.3 Å². The average Bonchev–Trinajstić information content (AvgIpc) is 3.00. The van der Waals surface area contributed by atoms with Gasteiger partial charge >= 0.3 is 5.97 Å². The van der Waals surface area contributed by atoms with Crippen LogP contribution in [-0.2, 0) is 14.3 Å². The van der Waals surface area contributed by atoms with Gasteiger partial charge in [0.05, 0.1) is 11.3 Å². The Morgan fingerprint density at radius 2 is 1.92 bits per heavy atom. The zero-order chi connectivity index (χ0) is 17.5. The Morgan fingerprint density at radius 1 is 1.21 bits per heavy atom. The van der Waals surface area contributed by atoms with Crippen LogP contribution in [-0.4, -0.2) is 29.8 Å². The molecule has 1 saturated carbocycles. The van der Waals surface area contributed by atoms with Crippen molar-refractivity contribution in [1.29, 1.82) is 0 Å². The summed E-state index contributed by atoms with van der Waals surface area (Å²) in [5.41, 5.74) is 0. The number of aryl methyl sites for hydroxylation is 1. The fraction of sp³-hybridized carbons (Fsp3) is 0.611. The quantitative estimate of drug-likeness (QED) is 0.604. The average molecular weight is 351 g/mol. The predicted octanol–water partition coefficient (Wildman–Crippen LogP) is 3.40. The number of ketones is 1. The van der Waals surface area contributed by atoms with Crippen LogP contribution in [0.3, 0.4) is 0 Å². The molecule has 5 nitrogen and oxygen atoms in total. The van der Waals surface area contributed by atoms with Crippen molar-refractivity contribution in [2.24, 2.45) is 0 Å². The summed E-state index contributed by atoms with van der Waals surface area (Å²) in [5, 5.41) is 2.94. The van der Waals surface area contributed by atoms with E-state index in [4.69, 9.17) is 4.74 Å². The Kier molecular flexibility index (Phi) is 6.97. The van der Waals surface area contributed by atoms with E-state index < -0.39 is 12.1 Å². The molecule has 6 heteroatoms. The van der Waals surface area contributed by atoms with Crippen LogP contribution in [0.4, 0.5) is 0 Å². The first kappa shape index (κ1) is 18.6. The minimum absolute atomic E-state index is 0.00315. The largest absolute Gasteiger partial charge is 0.453 e. The van der Waals surface area contributed by atoms with E-state index in [1.807, 2.05) is 13.0 Å². The molecule has 1 aromatic rings. The minimum atomic E-state index is -0.821. The molecule has 132 valence electrons. The molecule has 0 bridgehead atoms. The molecule has 0 spiro atoms. The molecule has 1 heterocycles. The molecular formula is C18H25NO4S. The number of ether oxygens (including phenoxy) is 1. The summed E-state index contributed by atoms with van der Waals surface area (Å²) in [5.74, 6) is -0.831. The first-order chi connectivity index (χ1) is 11.5. The van der Waals surface area contributed by atoms with Gasteiger partial charge in [0.1, 0.15) is 0 Å². The highest BCUT2D eigenvalue weighted by molar-refractivity contribution is 7.14. The topological polar surface area (TPSA) is 72.5 Å². The van der Waals surface area contributed by atoms with Gasteiger partial charge < -0.3 is 10.1 Å². The van der Waals surface area contributed by atoms with Crippen molar-refractivity contribution in [1.82, 2.24) is 5.32 Å². The number of Topliss-reactive ketones (excluding diaryl/α,β-unsaturated/α-hetero) is 1. The van der Waals surface area contributed by atoms with Crippen LogP contribution in [0.1, 0.15) is 66.4 Å². The molecule has 1 N–H and O–H groups in total. The fourth-order valence-corrected chi connectivity index (χ4v) is 3.63. The Balaban J connectivity index is 1.70. The third kappa shape index (κ3) is 5.74. The molecule has 1 aliphatic carbocycles. The van der Waals surface area contributed by atoms with Crippen LogP contribution in [0.25, 0.3) is 0 Å². The Labute approximate surface area is 146 Å². The second kappa shape index (κ2) is 8.97. The van der Waals surface area contributed by atoms with Crippen molar-refractivity contribution in [2.45, 2.75) is 70.9 Å². The first-order valence-electron chi connectivity index (χ1n) is 8.55. The van der Waals surface area contributed by atoms with Gasteiger partial charge in [0.15, 0.2) is 11.9 Å². The van der Waals surface area contributed by atoms with E-state index in [1.165, 1.54) is 17.8 Å². The highest BCUT2D eigenvalue weighted by Crippen LogP contribution is 2.18. The second-order valence-corrected chi connectivity index (χ2v) is 7.60. The van der Waals surface area contributed by atoms with Crippen molar-refractivity contribution in [3.63, 3.8) is 0 Å². The SMILES string of the molecule is Cc1ccc(C(=O)CCC(=O)O[C@@H](C)C(=O)NC2CCCCC2)s1. The second-order valence-electron chi connectivity index (χ2n) is 6.31. The van der Waals surface area contributed by atoms with Crippen molar-refractivity contribution < 1.29 is 19.1 Å². The number of esters is 1. The van der Waals surface area contributed by atoms with Crippen LogP contribution in [0.5, 0.6) is 0 Å². The third-order valence-electron chi connectivity index (χ3n) is 4.20. The fourth-order valence-electron chi connectivity index (χ4n) is 2.80. The highest BCUT2D eigenvalue weighted by Gasteiger charge is 2.22. The van der Waals surface area contributed by atoms with E-state index in [2.05, 4.69) is 5.32 Å². The van der Waals surface area contributed by atoms with E-state index in [0.717, 1.165) is 30.6 Å². The van der Waals surface area contributed by atoms with Gasteiger partial charge in [-0.25, -0.2) is 0 Å². The lowest BCUT2D eigenvalue weighted by molar-refractivity contribution is -0.155. The van der Waals surface area contributed by atoms with Crippen LogP contribution in [0.15, 0.2) is 12.1 Å². The Bertz CT molecular complexity index is 590. The predicted molar refractivity (Wildman–Crippen MR) is 93.2 cm³/mol. The molecule has 0 aliphatic heterocycles. The van der Waals surface area contributed by atoms with Gasteiger partial charge in [0.2, 0.25) is 0 Å². The summed E-state index contributed by atoms with van der Waals surface area (Å²) in [4.78, 5) is 37.6. The first-order valence-corrected chi connectivity index (χ1v) is 9.37. The lowest BCUT2D eigenvalue weighted by Gasteiger charge is -2.24. The number of rotatable bonds is 7. The normalized spacial score (nSPS) is 16.4. The zero-order valence-electron chi connectivity index (χ0n) is 14.3. The number of hydrogen-bond acceptors (Lipinski definition) is 5. The number of carbonyl (C=O) groups is 3. The van der Waals surface area contributed by atoms with E-state index in [-0.39, 0.29) is 30.6 Å². The maximum absolute atomic E-state index is 12.1. The monoisotopic (exact) mass is 351 g/mol. The van der Waals surface area contributed by atoms with Gasteiger partial charge in [-0.3, -0.25) is 14.4 Å². The smallest absolute Gasteiger partial charge is 0.307 e. The maximum Gasteiger partial charge on any atom is 0.307 e. The lowest BCUT2D eigenvalue weighted by atomic mass is 9.95. The summed E-state index contributed by atoms with van der Waals surface area (Å²) in [6.07, 6.45) is 4.73. The molecule has 1 aromatic heterocycles. The minimum Gasteiger partial charge on any atom is -0.453 e. The molecule has 0 aromatic carbocycles. The van der Waals surface area contributed by atoms with E-state index in [9.17, 15) is 14.4 Å². The number of nitrogens with one attached hydrogen (secondary N) is 1. The molecule has 0 unspecified atom stereocenters. The van der Waals surface area contributed by atoms with E-state index in [0.29, 0.717) is 4.88 Å². The Hall–Kier alpha value is -1.69. The standard InChI is InChI=1S/C18H25NO4S/c1-12-8-10-16(24-12)15(20)9-11-17(21)23-13(2)18(22)19-14-6-4-3-5-7-14/h8,10,13-14H,3-7,9,11H2,1-2H3,(H,19,22)/t13-/m0/s1. The number of amides is 1. The molecule has 0 saturated heterocycles. The summed E-state index contributed by atoms with van der Waals surface area (Å²) < 4.78 is 5.15. The van der Waals surface area contributed by atoms with Crippen molar-refractivity contribution in [2.75, 3.05) is 0 Å². The number of thiophene rings is 1. The molecule has 2 rings (SSSR count). The molecule has 0 radical (unpaired) electrons. The maximum atomic E-state index is 12.1. The number of hydrogen-bond donors (Lipinski definition) is 1. The van der Waals surface area contributed by atoms with Crippen molar-refractivity contribution in [3.8, 4) is 0 Å². The van der Waals surface area contributed by atoms with Crippen LogP contribution >= 0.6 is 11.3 Å². The molecule has 1 atom stereocenters. The third-order valence-corrected chi connectivity index (χ3v) is 5.24. The van der Waals surface area contributed by atoms with Crippen LogP contribution in [0.2, 0.25) is 0 Å². The van der Waals surface area contributed by atoms with E-state index >= 15 is 0 Å². The van der Waals surface area contributed by atoms with E-state index in [1.54, 1.807) is 13.0 Å². The van der Waals surface area contributed by atoms with Gasteiger partial charge in [-0.2, -0.15) is 0 Å². The van der Waals surface area contributed by atoms with Crippen LogP contribution in [0, 0.1) is 6.92 Å². The van der Waals surface area contributed by atoms with Gasteiger partial charge in [-0.05, 0) is 38.8 Å². The summed E-state index contributed by atoms with van der Waals surface area (Å²) in [6, 6.07) is 3.85. The van der Waals surface area contributed by atoms with Gasteiger partial charge in [-0.1, -0.05) is 19.3 Å².